The van der Waals surface area contributed by atoms with E-state index in [0.717, 1.165) is 13.0 Å². The Kier molecular flexibility index (Phi) is 2.25. The molecule has 112 valence electrons. The number of rotatable bonds is 1. The molecule has 1 saturated heterocycles. The average Bonchev–Trinajstić information content (AvgIpc) is 3.04. The molecule has 4 aliphatic rings. The van der Waals surface area contributed by atoms with Crippen molar-refractivity contribution >= 4 is 5.97 Å². The summed E-state index contributed by atoms with van der Waals surface area (Å²) in [6.45, 7) is 9.72. The first-order valence-corrected chi connectivity index (χ1v) is 8.09. The van der Waals surface area contributed by atoms with E-state index in [4.69, 9.17) is 9.47 Å². The minimum atomic E-state index is -0.157. The molecule has 4 fully saturated rings. The van der Waals surface area contributed by atoms with E-state index < -0.39 is 0 Å². The minimum absolute atomic E-state index is 0.0250. The lowest BCUT2D eigenvalue weighted by atomic mass is 9.59. The van der Waals surface area contributed by atoms with Gasteiger partial charge in [0.15, 0.2) is 0 Å². The van der Waals surface area contributed by atoms with Crippen molar-refractivity contribution in [1.82, 2.24) is 0 Å². The molecule has 1 aliphatic heterocycles. The molecule has 20 heavy (non-hydrogen) atoms. The van der Waals surface area contributed by atoms with Crippen LogP contribution in [0.2, 0.25) is 0 Å². The van der Waals surface area contributed by atoms with Crippen molar-refractivity contribution in [3.8, 4) is 0 Å². The number of hydrogen-bond donors (Lipinski definition) is 0. The van der Waals surface area contributed by atoms with E-state index in [-0.39, 0.29) is 17.7 Å². The van der Waals surface area contributed by atoms with E-state index in [1.807, 2.05) is 0 Å². The Morgan fingerprint density at radius 2 is 1.90 bits per heavy atom. The van der Waals surface area contributed by atoms with Crippen LogP contribution in [0.5, 0.6) is 0 Å². The third-order valence-electron chi connectivity index (χ3n) is 7.95. The third kappa shape index (κ3) is 1.21. The van der Waals surface area contributed by atoms with Crippen LogP contribution in [0.25, 0.3) is 0 Å². The highest BCUT2D eigenvalue weighted by Crippen LogP contribution is 2.79. The van der Waals surface area contributed by atoms with Gasteiger partial charge in [0.2, 0.25) is 0 Å². The molecule has 6 atom stereocenters. The van der Waals surface area contributed by atoms with Crippen LogP contribution in [0.15, 0.2) is 0 Å². The zero-order chi connectivity index (χ0) is 14.4. The summed E-state index contributed by atoms with van der Waals surface area (Å²) in [5.74, 6) is 0.404. The molecule has 2 bridgehead atoms. The van der Waals surface area contributed by atoms with Gasteiger partial charge in [-0.3, -0.25) is 4.79 Å². The second-order valence-corrected chi connectivity index (χ2v) is 8.47. The number of ether oxygens (including phenoxy) is 2. The third-order valence-corrected chi connectivity index (χ3v) is 7.95. The van der Waals surface area contributed by atoms with Gasteiger partial charge in [-0.25, -0.2) is 0 Å². The topological polar surface area (TPSA) is 38.8 Å². The highest BCUT2D eigenvalue weighted by molar-refractivity contribution is 5.66. The lowest BCUT2D eigenvalue weighted by Crippen LogP contribution is -2.48. The van der Waals surface area contributed by atoms with Crippen molar-refractivity contribution in [3.63, 3.8) is 0 Å². The Morgan fingerprint density at radius 3 is 2.50 bits per heavy atom. The predicted molar refractivity (Wildman–Crippen MR) is 75.1 cm³/mol. The van der Waals surface area contributed by atoms with Gasteiger partial charge in [-0.1, -0.05) is 27.2 Å². The summed E-state index contributed by atoms with van der Waals surface area (Å²) in [6.07, 6.45) is 6.17. The normalized spacial score (nSPS) is 59.6. The highest BCUT2D eigenvalue weighted by atomic mass is 16.6. The minimum Gasteiger partial charge on any atom is -0.459 e. The lowest BCUT2D eigenvalue weighted by molar-refractivity contribution is -0.157. The van der Waals surface area contributed by atoms with Crippen LogP contribution in [-0.4, -0.2) is 24.3 Å². The lowest BCUT2D eigenvalue weighted by Gasteiger charge is -2.46. The fraction of sp³-hybridized carbons (Fsp3) is 0.941. The van der Waals surface area contributed by atoms with Gasteiger partial charge in [-0.15, -0.1) is 0 Å². The number of carbonyl (C=O) groups is 1. The number of hydrogen-bond acceptors (Lipinski definition) is 3. The van der Waals surface area contributed by atoms with Gasteiger partial charge in [0.05, 0.1) is 6.61 Å². The maximum Gasteiger partial charge on any atom is 0.303 e. The van der Waals surface area contributed by atoms with Gasteiger partial charge in [0, 0.05) is 12.8 Å². The Labute approximate surface area is 121 Å². The smallest absolute Gasteiger partial charge is 0.303 e. The molecule has 1 spiro atoms. The van der Waals surface area contributed by atoms with Crippen molar-refractivity contribution in [2.24, 2.45) is 22.2 Å². The number of carbonyl (C=O) groups excluding carboxylic acids is 1. The fourth-order valence-corrected chi connectivity index (χ4v) is 6.46. The van der Waals surface area contributed by atoms with Crippen molar-refractivity contribution in [3.05, 3.63) is 0 Å². The predicted octanol–water partition coefficient (Wildman–Crippen LogP) is 3.31. The van der Waals surface area contributed by atoms with Crippen LogP contribution in [-0.2, 0) is 14.3 Å². The Balaban J connectivity index is 1.80. The molecule has 1 heterocycles. The molecule has 0 aromatic heterocycles. The van der Waals surface area contributed by atoms with Crippen LogP contribution in [0.4, 0.5) is 0 Å². The second kappa shape index (κ2) is 3.43. The zero-order valence-corrected chi connectivity index (χ0v) is 13.1. The van der Waals surface area contributed by atoms with E-state index in [9.17, 15) is 4.79 Å². The van der Waals surface area contributed by atoms with Crippen molar-refractivity contribution in [2.75, 3.05) is 6.61 Å². The molecule has 0 radical (unpaired) electrons. The standard InChI is InChI=1S/C17H26O3/c1-11(18)20-13-9-14(2)8-12(17(13)10-19-17)15(3)6-5-7-16(14,15)4/h12-13H,5-10H2,1-4H3/t12-,13+,14-,15-,16+,17-/m0/s1. The summed E-state index contributed by atoms with van der Waals surface area (Å²) in [5.41, 5.74) is 0.869. The van der Waals surface area contributed by atoms with E-state index in [1.54, 1.807) is 0 Å². The van der Waals surface area contributed by atoms with E-state index in [2.05, 4.69) is 20.8 Å². The molecular weight excluding hydrogens is 252 g/mol. The first-order chi connectivity index (χ1) is 9.28. The van der Waals surface area contributed by atoms with Gasteiger partial charge in [0.1, 0.15) is 11.7 Å². The molecule has 0 N–H and O–H groups in total. The number of esters is 1. The van der Waals surface area contributed by atoms with Gasteiger partial charge in [-0.05, 0) is 41.9 Å². The molecule has 3 nitrogen and oxygen atoms in total. The van der Waals surface area contributed by atoms with Crippen LogP contribution in [0.1, 0.15) is 59.8 Å². The van der Waals surface area contributed by atoms with Crippen molar-refractivity contribution in [1.29, 1.82) is 0 Å². The maximum atomic E-state index is 11.5. The molecule has 3 aliphatic carbocycles. The maximum absolute atomic E-state index is 11.5. The second-order valence-electron chi connectivity index (χ2n) is 8.47. The van der Waals surface area contributed by atoms with E-state index in [0.29, 0.717) is 22.2 Å². The van der Waals surface area contributed by atoms with Gasteiger partial charge < -0.3 is 9.47 Å². The van der Waals surface area contributed by atoms with Gasteiger partial charge in [-0.2, -0.15) is 0 Å². The Morgan fingerprint density at radius 1 is 1.20 bits per heavy atom. The molecule has 0 amide bonds. The Bertz CT molecular complexity index is 483. The quantitative estimate of drug-likeness (QED) is 0.545. The van der Waals surface area contributed by atoms with E-state index in [1.165, 1.54) is 32.6 Å². The summed E-state index contributed by atoms with van der Waals surface area (Å²) >= 11 is 0. The summed E-state index contributed by atoms with van der Waals surface area (Å²) < 4.78 is 11.7. The SMILES string of the molecule is CC(=O)O[C@@H]1C[C@]2(C)C[C@H]([C@@]13CO3)[C@]1(C)CCC[C@]21C. The number of epoxide rings is 1. The van der Waals surface area contributed by atoms with Crippen molar-refractivity contribution < 1.29 is 14.3 Å². The summed E-state index contributed by atoms with van der Waals surface area (Å²) in [7, 11) is 0. The summed E-state index contributed by atoms with van der Waals surface area (Å²) in [6, 6.07) is 0. The number of fused-ring (bicyclic) bond motifs is 6. The summed E-state index contributed by atoms with van der Waals surface area (Å²) in [5, 5.41) is 0. The molecule has 0 aromatic carbocycles. The molecule has 3 heteroatoms. The largest absolute Gasteiger partial charge is 0.459 e. The first-order valence-electron chi connectivity index (χ1n) is 8.09. The summed E-state index contributed by atoms with van der Waals surface area (Å²) in [4.78, 5) is 11.5. The monoisotopic (exact) mass is 278 g/mol. The van der Waals surface area contributed by atoms with Crippen LogP contribution in [0, 0.1) is 22.2 Å². The van der Waals surface area contributed by atoms with Crippen LogP contribution in [0.3, 0.4) is 0 Å². The molecular formula is C17H26O3. The van der Waals surface area contributed by atoms with Gasteiger partial charge in [0.25, 0.3) is 0 Å². The Hall–Kier alpha value is -0.570. The van der Waals surface area contributed by atoms with Gasteiger partial charge >= 0.3 is 5.97 Å². The highest BCUT2D eigenvalue weighted by Gasteiger charge is 2.79. The van der Waals surface area contributed by atoms with Crippen LogP contribution < -0.4 is 0 Å². The average molecular weight is 278 g/mol. The van der Waals surface area contributed by atoms with E-state index >= 15 is 0 Å². The molecule has 0 aromatic rings. The first kappa shape index (κ1) is 13.1. The molecule has 0 unspecified atom stereocenters. The van der Waals surface area contributed by atoms with Crippen molar-refractivity contribution in [2.45, 2.75) is 71.5 Å². The molecule has 4 rings (SSSR count). The van der Waals surface area contributed by atoms with Crippen LogP contribution >= 0.6 is 0 Å². The zero-order valence-electron chi connectivity index (χ0n) is 13.1. The molecule has 3 saturated carbocycles. The fourth-order valence-electron chi connectivity index (χ4n) is 6.46.